The highest BCUT2D eigenvalue weighted by Gasteiger charge is 2.39. The lowest BCUT2D eigenvalue weighted by molar-refractivity contribution is -0.197. The van der Waals surface area contributed by atoms with Crippen molar-refractivity contribution in [3.8, 4) is 28.4 Å². The highest BCUT2D eigenvalue weighted by atomic mass is 32.2. The zero-order valence-corrected chi connectivity index (χ0v) is 20.9. The third-order valence-electron chi connectivity index (χ3n) is 6.59. The van der Waals surface area contributed by atoms with Gasteiger partial charge in [-0.2, -0.15) is 0 Å². The molecule has 0 unspecified atom stereocenters. The maximum absolute atomic E-state index is 13.0. The summed E-state index contributed by atoms with van der Waals surface area (Å²) >= 11 is 1.36. The number of rotatable bonds is 6. The third kappa shape index (κ3) is 4.74. The quantitative estimate of drug-likeness (QED) is 0.429. The first-order valence-electron chi connectivity index (χ1n) is 11.3. The van der Waals surface area contributed by atoms with E-state index in [9.17, 15) is 20.1 Å². The van der Waals surface area contributed by atoms with Crippen molar-refractivity contribution in [1.82, 2.24) is 5.32 Å². The van der Waals surface area contributed by atoms with Crippen molar-refractivity contribution in [1.29, 1.82) is 0 Å². The van der Waals surface area contributed by atoms with Crippen LogP contribution in [0.25, 0.3) is 11.1 Å². The lowest BCUT2D eigenvalue weighted by Crippen LogP contribution is -2.58. The summed E-state index contributed by atoms with van der Waals surface area (Å²) in [7, 11) is 4.67. The first-order chi connectivity index (χ1) is 16.8. The minimum atomic E-state index is -1.35. The van der Waals surface area contributed by atoms with E-state index in [1.54, 1.807) is 33.5 Å². The lowest BCUT2D eigenvalue weighted by Gasteiger charge is -2.37. The summed E-state index contributed by atoms with van der Waals surface area (Å²) in [5.41, 5.74) is 3.10. The lowest BCUT2D eigenvalue weighted by atomic mass is 9.95. The molecule has 2 aromatic carbocycles. The Morgan fingerprint density at radius 2 is 1.77 bits per heavy atom. The highest BCUT2D eigenvalue weighted by Crippen LogP contribution is 2.50. The zero-order chi connectivity index (χ0) is 25.3. The molecule has 0 saturated carbocycles. The van der Waals surface area contributed by atoms with Crippen molar-refractivity contribution in [2.75, 3.05) is 34.2 Å². The van der Waals surface area contributed by atoms with Gasteiger partial charge in [0.2, 0.25) is 5.75 Å². The van der Waals surface area contributed by atoms with Crippen LogP contribution < -0.4 is 25.0 Å². The second-order valence-corrected chi connectivity index (χ2v) is 9.37. The smallest absolute Gasteiger partial charge is 0.203 e. The molecule has 1 saturated heterocycles. The standard InChI is InChI=1S/C25H31NO8S/c1-31-18-9-12-5-7-15(26-25-22(30)21(29)17(28)11-34-25)14-10-16(27)19(35-4)8-6-13(14)20(12)24(33-3)23(18)32-2/h6,8-10,15,17,21-22,25-26,28-30H,5,7,11H2,1-4H3/t15-,17-,21-,22-,25-/m1/s1. The number of aliphatic hydroxyl groups is 3. The summed E-state index contributed by atoms with van der Waals surface area (Å²) in [5, 5.41) is 33.8. The monoisotopic (exact) mass is 505 g/mol. The number of aryl methyl sites for hydroxylation is 1. The van der Waals surface area contributed by atoms with Crippen LogP contribution in [0.4, 0.5) is 0 Å². The van der Waals surface area contributed by atoms with Gasteiger partial charge in [0, 0.05) is 11.6 Å². The van der Waals surface area contributed by atoms with E-state index in [-0.39, 0.29) is 12.0 Å². The molecule has 35 heavy (non-hydrogen) atoms. The second-order valence-electron chi connectivity index (χ2n) is 8.52. The van der Waals surface area contributed by atoms with Crippen molar-refractivity contribution in [2.45, 2.75) is 48.3 Å². The molecule has 2 aromatic rings. The van der Waals surface area contributed by atoms with Crippen molar-refractivity contribution in [3.05, 3.63) is 45.6 Å². The van der Waals surface area contributed by atoms with E-state index >= 15 is 0 Å². The number of hydrogen-bond donors (Lipinski definition) is 4. The van der Waals surface area contributed by atoms with E-state index in [1.807, 2.05) is 18.4 Å². The Bertz CT molecular complexity index is 1140. The van der Waals surface area contributed by atoms with Crippen LogP contribution in [-0.2, 0) is 11.2 Å². The van der Waals surface area contributed by atoms with Crippen LogP contribution in [0.3, 0.4) is 0 Å². The summed E-state index contributed by atoms with van der Waals surface area (Å²) in [6.45, 7) is -0.121. The van der Waals surface area contributed by atoms with Crippen LogP contribution >= 0.6 is 11.8 Å². The largest absolute Gasteiger partial charge is 0.493 e. The molecule has 10 heteroatoms. The van der Waals surface area contributed by atoms with Crippen LogP contribution in [0, 0.1) is 0 Å². The Hall–Kier alpha value is -2.34. The molecule has 190 valence electrons. The molecule has 2 aliphatic rings. The first kappa shape index (κ1) is 25.7. The average Bonchev–Trinajstić information content (AvgIpc) is 3.11. The fourth-order valence-electron chi connectivity index (χ4n) is 4.79. The van der Waals surface area contributed by atoms with Crippen molar-refractivity contribution >= 4 is 11.8 Å². The fourth-order valence-corrected chi connectivity index (χ4v) is 5.26. The summed E-state index contributed by atoms with van der Waals surface area (Å²) in [6.07, 6.45) is -1.79. The van der Waals surface area contributed by atoms with Gasteiger partial charge in [0.05, 0.1) is 32.8 Å². The van der Waals surface area contributed by atoms with E-state index in [0.29, 0.717) is 40.5 Å². The topological polar surface area (TPSA) is 127 Å². The molecule has 9 nitrogen and oxygen atoms in total. The SMILES string of the molecule is COc1cc2c(c(OC)c1OC)-c1ccc(SC)c(=O)cc1[C@H](N[C@@H]1OC[C@@H](O)[C@@H](O)[C@H]1O)CC2. The van der Waals surface area contributed by atoms with Crippen LogP contribution in [0.15, 0.2) is 34.0 Å². The van der Waals surface area contributed by atoms with Crippen LogP contribution in [0.2, 0.25) is 0 Å². The van der Waals surface area contributed by atoms with Crippen LogP contribution in [0.5, 0.6) is 17.2 Å². The maximum Gasteiger partial charge on any atom is 0.203 e. The number of ether oxygens (including phenoxy) is 4. The van der Waals surface area contributed by atoms with Crippen molar-refractivity contribution in [3.63, 3.8) is 0 Å². The summed E-state index contributed by atoms with van der Waals surface area (Å²) < 4.78 is 22.6. The average molecular weight is 506 g/mol. The molecule has 4 rings (SSSR count). The van der Waals surface area contributed by atoms with E-state index in [2.05, 4.69) is 5.32 Å². The molecular weight excluding hydrogens is 474 g/mol. The molecular formula is C25H31NO8S. The van der Waals surface area contributed by atoms with Gasteiger partial charge in [-0.05, 0) is 54.0 Å². The van der Waals surface area contributed by atoms with Gasteiger partial charge >= 0.3 is 0 Å². The van der Waals surface area contributed by atoms with Gasteiger partial charge < -0.3 is 34.3 Å². The second kappa shape index (κ2) is 10.7. The number of thioether (sulfide) groups is 1. The number of nitrogens with one attached hydrogen (secondary N) is 1. The molecule has 5 atom stereocenters. The number of aliphatic hydroxyl groups excluding tert-OH is 3. The molecule has 1 heterocycles. The minimum Gasteiger partial charge on any atom is -0.493 e. The van der Waals surface area contributed by atoms with Crippen LogP contribution in [0.1, 0.15) is 23.6 Å². The predicted molar refractivity (Wildman–Crippen MR) is 132 cm³/mol. The minimum absolute atomic E-state index is 0.121. The molecule has 1 fully saturated rings. The van der Waals surface area contributed by atoms with Gasteiger partial charge in [-0.15, -0.1) is 11.8 Å². The Labute approximate surface area is 208 Å². The maximum atomic E-state index is 13.0. The molecule has 0 radical (unpaired) electrons. The third-order valence-corrected chi connectivity index (χ3v) is 7.36. The molecule has 1 aliphatic carbocycles. The van der Waals surface area contributed by atoms with Gasteiger partial charge in [-0.1, -0.05) is 6.07 Å². The van der Waals surface area contributed by atoms with Crippen molar-refractivity contribution in [2.24, 2.45) is 0 Å². The van der Waals surface area contributed by atoms with E-state index < -0.39 is 30.6 Å². The van der Waals surface area contributed by atoms with Gasteiger partial charge in [-0.3, -0.25) is 10.1 Å². The van der Waals surface area contributed by atoms with Crippen LogP contribution in [-0.4, -0.2) is 74.1 Å². The number of methoxy groups -OCH3 is 3. The first-order valence-corrected chi connectivity index (χ1v) is 12.5. The zero-order valence-electron chi connectivity index (χ0n) is 20.1. The van der Waals surface area contributed by atoms with Gasteiger partial charge in [0.15, 0.2) is 16.9 Å². The molecule has 0 amide bonds. The number of benzene rings is 1. The Morgan fingerprint density at radius 3 is 2.43 bits per heavy atom. The van der Waals surface area contributed by atoms with Gasteiger partial charge in [0.1, 0.15) is 24.5 Å². The summed E-state index contributed by atoms with van der Waals surface area (Å²) in [4.78, 5) is 13.6. The van der Waals surface area contributed by atoms with Crippen molar-refractivity contribution < 1.29 is 34.3 Å². The Kier molecular flexibility index (Phi) is 7.89. The number of hydrogen-bond acceptors (Lipinski definition) is 10. The molecule has 0 spiro atoms. The molecule has 0 aromatic heterocycles. The highest BCUT2D eigenvalue weighted by molar-refractivity contribution is 7.98. The van der Waals surface area contributed by atoms with E-state index in [0.717, 1.165) is 16.7 Å². The predicted octanol–water partition coefficient (Wildman–Crippen LogP) is 1.48. The Balaban J connectivity index is 1.90. The van der Waals surface area contributed by atoms with Gasteiger partial charge in [0.25, 0.3) is 0 Å². The van der Waals surface area contributed by atoms with E-state index in [1.165, 1.54) is 11.8 Å². The number of fused-ring (bicyclic) bond motifs is 3. The summed E-state index contributed by atoms with van der Waals surface area (Å²) in [6, 6.07) is 6.79. The molecule has 4 N–H and O–H groups in total. The summed E-state index contributed by atoms with van der Waals surface area (Å²) in [5.74, 6) is 1.49. The van der Waals surface area contributed by atoms with E-state index in [4.69, 9.17) is 18.9 Å². The Morgan fingerprint density at radius 1 is 1.03 bits per heavy atom. The van der Waals surface area contributed by atoms with Gasteiger partial charge in [-0.25, -0.2) is 0 Å². The normalized spacial score (nSPS) is 25.7. The molecule has 1 aliphatic heterocycles. The fraction of sp³-hybridized carbons (Fsp3) is 0.480. The molecule has 0 bridgehead atoms.